The van der Waals surface area contributed by atoms with Crippen LogP contribution in [0.2, 0.25) is 0 Å². The number of benzene rings is 8. The van der Waals surface area contributed by atoms with Crippen molar-refractivity contribution in [3.8, 4) is 69.0 Å². The fourth-order valence-corrected chi connectivity index (χ4v) is 12.2. The van der Waals surface area contributed by atoms with Gasteiger partial charge in [0.1, 0.15) is 69.0 Å². The average Bonchev–Trinajstić information content (AvgIpc) is 2.73. The van der Waals surface area contributed by atoms with Gasteiger partial charge in [-0.25, -0.2) is 0 Å². The number of ketones is 4. The summed E-state index contributed by atoms with van der Waals surface area (Å²) in [6.07, 6.45) is 2.64. The van der Waals surface area contributed by atoms with Crippen molar-refractivity contribution >= 4 is 23.1 Å². The lowest BCUT2D eigenvalue weighted by Gasteiger charge is -2.18. The number of hydrogen-bond acceptors (Lipinski definition) is 16. The summed E-state index contributed by atoms with van der Waals surface area (Å²) in [6.45, 7) is 0. The van der Waals surface area contributed by atoms with Crippen LogP contribution in [0.3, 0.4) is 0 Å². The Bertz CT molecular complexity index is 3280. The van der Waals surface area contributed by atoms with Gasteiger partial charge in [0.25, 0.3) is 0 Å². The first kappa shape index (κ1) is 62.6. The lowest BCUT2D eigenvalue weighted by Crippen LogP contribution is -2.10. The molecule has 0 N–H and O–H groups in total. The lowest BCUT2D eigenvalue weighted by molar-refractivity contribution is 0.0963. The maximum atomic E-state index is 12.7. The Hall–Kier alpha value is -9.96. The second-order valence-electron chi connectivity index (χ2n) is 20.9. The number of ether oxygens (including phenoxy) is 12. The van der Waals surface area contributed by atoms with Crippen molar-refractivity contribution in [3.63, 3.8) is 0 Å². The maximum absolute atomic E-state index is 12.7. The molecule has 8 aromatic rings. The van der Waals surface area contributed by atoms with E-state index in [9.17, 15) is 19.2 Å². The smallest absolute Gasteiger partial charge is 0.171 e. The molecule has 0 amide bonds. The molecular formula is C72H72O16. The van der Waals surface area contributed by atoms with Crippen LogP contribution in [-0.2, 0) is 25.7 Å². The van der Waals surface area contributed by atoms with Gasteiger partial charge < -0.3 is 56.8 Å². The summed E-state index contributed by atoms with van der Waals surface area (Å²) in [7, 11) is 19.1. The Morgan fingerprint density at radius 3 is 0.534 bits per heavy atom. The van der Waals surface area contributed by atoms with Crippen LogP contribution in [0, 0.1) is 0 Å². The van der Waals surface area contributed by atoms with Gasteiger partial charge in [0, 0.05) is 93.0 Å². The Morgan fingerprint density at radius 2 is 0.398 bits per heavy atom. The molecule has 16 nitrogen and oxygen atoms in total. The van der Waals surface area contributed by atoms with Crippen LogP contribution in [0.25, 0.3) is 0 Å². The monoisotopic (exact) mass is 1190 g/mol. The van der Waals surface area contributed by atoms with E-state index in [1.807, 2.05) is 97.1 Å². The molecule has 0 radical (unpaired) electrons. The quantitative estimate of drug-likeness (QED) is 0.0891. The van der Waals surface area contributed by atoms with Crippen molar-refractivity contribution in [2.24, 2.45) is 0 Å². The molecule has 0 bridgehead atoms. The van der Waals surface area contributed by atoms with Crippen molar-refractivity contribution in [3.05, 3.63) is 212 Å². The van der Waals surface area contributed by atoms with Crippen LogP contribution in [0.15, 0.2) is 146 Å². The summed E-state index contributed by atoms with van der Waals surface area (Å²) in [6, 6.07) is 45.2. The number of rotatable bonds is 16. The molecule has 4 atom stereocenters. The van der Waals surface area contributed by atoms with Crippen LogP contribution in [0.1, 0.15) is 110 Å². The first-order chi connectivity index (χ1) is 42.8. The molecule has 0 aromatic heterocycles. The molecule has 8 aromatic carbocycles. The minimum atomic E-state index is -0.284. The normalized spacial score (nSPS) is 16.3. The highest BCUT2D eigenvalue weighted by Gasteiger charge is 2.40. The Labute approximate surface area is 513 Å². The van der Waals surface area contributed by atoms with Crippen LogP contribution < -0.4 is 56.8 Å². The van der Waals surface area contributed by atoms with E-state index < -0.39 is 0 Å². The van der Waals surface area contributed by atoms with E-state index in [2.05, 4.69) is 0 Å². The number of carbonyl (C=O) groups excluding carboxylic acids is 4. The predicted octanol–water partition coefficient (Wildman–Crippen LogP) is 12.9. The zero-order valence-electron chi connectivity index (χ0n) is 51.5. The molecule has 16 heteroatoms. The first-order valence-electron chi connectivity index (χ1n) is 28.4. The van der Waals surface area contributed by atoms with Gasteiger partial charge in [-0.05, 0) is 47.9 Å². The molecule has 0 heterocycles. The third-order valence-corrected chi connectivity index (χ3v) is 16.5. The Kier molecular flexibility index (Phi) is 19.9. The summed E-state index contributed by atoms with van der Waals surface area (Å²) in [4.78, 5) is 51.0. The molecule has 4 aliphatic carbocycles. The number of hydrogen-bond donors (Lipinski definition) is 0. The minimum Gasteiger partial charge on any atom is -0.496 e. The zero-order chi connectivity index (χ0) is 62.8. The SMILES string of the molecule is COc1cc(OC)c([C@@H]2Cc3ccccc3C2=O)c(OC)c1.COc1cc(OC)c([C@@H]2Cc3ccccc3C2=O)c(OC)c1.COc1cc(OC)c([C@@H]2Cc3ccccc3C2=O)c(OC)c1.COc1cc(OC)c([C@@H]2Cc3ccccc3C2=O)c(OC)c1. The van der Waals surface area contributed by atoms with Crippen molar-refractivity contribution < 1.29 is 76.0 Å². The summed E-state index contributed by atoms with van der Waals surface area (Å²) in [5.41, 5.74) is 10.5. The van der Waals surface area contributed by atoms with Gasteiger partial charge in [0.05, 0.1) is 109 Å². The van der Waals surface area contributed by atoms with Gasteiger partial charge in [-0.2, -0.15) is 0 Å². The minimum absolute atomic E-state index is 0.109. The number of methoxy groups -OCH3 is 12. The molecule has 456 valence electrons. The largest absolute Gasteiger partial charge is 0.496 e. The van der Waals surface area contributed by atoms with E-state index in [1.54, 1.807) is 134 Å². The number of Topliss-reactive ketones (excluding diaryl/α,β-unsaturated/α-hetero) is 4. The fourth-order valence-electron chi connectivity index (χ4n) is 12.2. The molecule has 4 aliphatic rings. The molecule has 0 saturated carbocycles. The third kappa shape index (κ3) is 12.4. The van der Waals surface area contributed by atoms with E-state index in [0.717, 1.165) is 66.8 Å². The molecule has 0 spiro atoms. The van der Waals surface area contributed by atoms with Crippen molar-refractivity contribution in [1.29, 1.82) is 0 Å². The maximum Gasteiger partial charge on any atom is 0.171 e. The van der Waals surface area contributed by atoms with Crippen molar-refractivity contribution in [2.75, 3.05) is 85.3 Å². The van der Waals surface area contributed by atoms with Crippen LogP contribution in [0.4, 0.5) is 0 Å². The first-order valence-corrected chi connectivity index (χ1v) is 28.4. The van der Waals surface area contributed by atoms with E-state index >= 15 is 0 Å². The summed E-state index contributed by atoms with van der Waals surface area (Å²) in [5.74, 6) is 6.76. The van der Waals surface area contributed by atoms with Gasteiger partial charge in [-0.1, -0.05) is 97.1 Å². The Balaban J connectivity index is 0.000000140. The molecular weight excluding hydrogens is 1120 g/mol. The predicted molar refractivity (Wildman–Crippen MR) is 333 cm³/mol. The van der Waals surface area contributed by atoms with E-state index in [1.165, 1.54) is 0 Å². The standard InChI is InChI=1S/4C18H18O4/c4*1-20-12-9-15(21-2)17(16(10-12)22-3)14-8-11-6-4-5-7-13(11)18(14)19/h4*4-7,9-10,14H,8H2,1-3H3/t4*14-/m0000/s1. The van der Waals surface area contributed by atoms with Gasteiger partial charge in [-0.3, -0.25) is 19.2 Å². The lowest BCUT2D eigenvalue weighted by atomic mass is 9.93. The second-order valence-corrected chi connectivity index (χ2v) is 20.9. The van der Waals surface area contributed by atoms with E-state index in [0.29, 0.717) is 94.7 Å². The second kappa shape index (κ2) is 28.0. The summed E-state index contributed by atoms with van der Waals surface area (Å²) >= 11 is 0. The molecule has 0 saturated heterocycles. The average molecular weight is 1190 g/mol. The third-order valence-electron chi connectivity index (χ3n) is 16.5. The summed E-state index contributed by atoms with van der Waals surface area (Å²) < 4.78 is 64.9. The topological polar surface area (TPSA) is 179 Å². The number of carbonyl (C=O) groups is 4. The van der Waals surface area contributed by atoms with Crippen LogP contribution >= 0.6 is 0 Å². The highest BCUT2D eigenvalue weighted by Crippen LogP contribution is 2.49. The fraction of sp³-hybridized carbons (Fsp3) is 0.278. The van der Waals surface area contributed by atoms with E-state index in [-0.39, 0.29) is 46.8 Å². The molecule has 0 aliphatic heterocycles. The van der Waals surface area contributed by atoms with Crippen LogP contribution in [0.5, 0.6) is 69.0 Å². The molecule has 12 rings (SSSR count). The molecule has 0 unspecified atom stereocenters. The molecule has 88 heavy (non-hydrogen) atoms. The van der Waals surface area contributed by atoms with Gasteiger partial charge >= 0.3 is 0 Å². The highest BCUT2D eigenvalue weighted by atomic mass is 16.5. The van der Waals surface area contributed by atoms with E-state index in [4.69, 9.17) is 56.8 Å². The zero-order valence-corrected chi connectivity index (χ0v) is 51.5. The van der Waals surface area contributed by atoms with Crippen molar-refractivity contribution in [1.82, 2.24) is 0 Å². The van der Waals surface area contributed by atoms with Gasteiger partial charge in [0.15, 0.2) is 23.1 Å². The highest BCUT2D eigenvalue weighted by molar-refractivity contribution is 6.08. The Morgan fingerprint density at radius 1 is 0.239 bits per heavy atom. The number of fused-ring (bicyclic) bond motifs is 4. The van der Waals surface area contributed by atoms with Crippen molar-refractivity contribution in [2.45, 2.75) is 49.4 Å². The van der Waals surface area contributed by atoms with Gasteiger partial charge in [0.2, 0.25) is 0 Å². The van der Waals surface area contributed by atoms with Crippen LogP contribution in [-0.4, -0.2) is 108 Å². The van der Waals surface area contributed by atoms with Gasteiger partial charge in [-0.15, -0.1) is 0 Å². The summed E-state index contributed by atoms with van der Waals surface area (Å²) in [5, 5.41) is 0. The molecule has 0 fully saturated rings.